The minimum Gasteiger partial charge on any atom is -0.479 e. The van der Waals surface area contributed by atoms with Gasteiger partial charge in [0.1, 0.15) is 97.7 Å². The van der Waals surface area contributed by atoms with E-state index in [4.69, 9.17) is 56.8 Å². The van der Waals surface area contributed by atoms with E-state index in [9.17, 15) is 65.8 Å². The third kappa shape index (κ3) is 16.0. The molecule has 4 fully saturated rings. The Balaban J connectivity index is 1.11. The largest absolute Gasteiger partial charge is 0.479 e. The number of nitrogens with one attached hydrogen (secondary N) is 1. The van der Waals surface area contributed by atoms with Crippen molar-refractivity contribution < 1.29 is 123 Å². The molecule has 11 unspecified atom stereocenters. The Morgan fingerprint density at radius 1 is 0.597 bits per heavy atom. The molecule has 0 aromatic heterocycles. The second kappa shape index (κ2) is 28.2. The van der Waals surface area contributed by atoms with Gasteiger partial charge in [0.05, 0.1) is 64.5 Å². The van der Waals surface area contributed by atoms with Crippen LogP contribution in [0, 0.1) is 0 Å². The highest BCUT2D eigenvalue weighted by Crippen LogP contribution is 2.31. The zero-order valence-corrected chi connectivity index (χ0v) is 38.3. The molecule has 392 valence electrons. The van der Waals surface area contributed by atoms with E-state index in [1.54, 1.807) is 13.8 Å². The number of carboxylic acids is 1. The number of aliphatic carboxylic acids is 1. The summed E-state index contributed by atoms with van der Waals surface area (Å²) in [5.41, 5.74) is 0. The fraction of sp³-hybridized carbons (Fsp3) is 0.951. The molecular formula is C41H73NO25. The van der Waals surface area contributed by atoms with Crippen LogP contribution < -0.4 is 5.32 Å². The zero-order valence-electron chi connectivity index (χ0n) is 38.3. The van der Waals surface area contributed by atoms with Gasteiger partial charge in [-0.25, -0.2) is 4.79 Å². The molecule has 0 spiro atoms. The summed E-state index contributed by atoms with van der Waals surface area (Å²) in [6.45, 7) is 3.63. The van der Waals surface area contributed by atoms with Crippen molar-refractivity contribution >= 4 is 11.9 Å². The quantitative estimate of drug-likeness (QED) is 0.0341. The Morgan fingerprint density at radius 2 is 1.16 bits per heavy atom. The van der Waals surface area contributed by atoms with Gasteiger partial charge in [-0.05, 0) is 26.2 Å². The summed E-state index contributed by atoms with van der Waals surface area (Å²) in [4.78, 5) is 23.8. The van der Waals surface area contributed by atoms with Crippen LogP contribution in [-0.2, 0) is 66.4 Å². The highest BCUT2D eigenvalue weighted by Gasteiger charge is 2.53. The summed E-state index contributed by atoms with van der Waals surface area (Å²) in [7, 11) is 2.51. The zero-order chi connectivity index (χ0) is 49.5. The number of aliphatic hydroxyl groups excluding tert-OH is 10. The summed E-state index contributed by atoms with van der Waals surface area (Å²) in [5, 5.41) is 118. The standard InChI is InChI=1S/C41H73NO25/c1-6-22-28(47)36(30(49)25(64-22)17-62-40-33(52)31(50)27(46)23(65-40)15-56-4)61-14-21(45)12-59-10-8-7-9-58-11-20(44)13-60-16-24-29(48)35(26(18(2)63-24)42-19(3)43)66-41-34(53)32(51)37(57-5)38(67-41)39(54)55/h18,20-38,40-41,44-53H,6-17H2,1-5H3,(H,42,43)(H,54,55)/t18?,20?,21?,22-,23?,24?,25?,26?,27-,28?,29-,30-,31+,32-,33?,34?,35-,36-,37+,38?,40+,41-/m1/s1. The molecule has 67 heavy (non-hydrogen) atoms. The van der Waals surface area contributed by atoms with Gasteiger partial charge in [0.25, 0.3) is 0 Å². The van der Waals surface area contributed by atoms with Crippen LogP contribution in [0.15, 0.2) is 0 Å². The molecule has 12 N–H and O–H groups in total. The summed E-state index contributed by atoms with van der Waals surface area (Å²) in [5.74, 6) is -1.99. The second-order valence-electron chi connectivity index (χ2n) is 17.0. The molecule has 0 aliphatic carbocycles. The van der Waals surface area contributed by atoms with Gasteiger partial charge in [-0.1, -0.05) is 6.92 Å². The molecule has 4 rings (SSSR count). The Morgan fingerprint density at radius 3 is 1.76 bits per heavy atom. The Bertz CT molecular complexity index is 1440. The highest BCUT2D eigenvalue weighted by molar-refractivity contribution is 5.74. The van der Waals surface area contributed by atoms with Crippen molar-refractivity contribution in [2.24, 2.45) is 0 Å². The smallest absolute Gasteiger partial charge is 0.335 e. The molecule has 0 aromatic carbocycles. The van der Waals surface area contributed by atoms with Crippen molar-refractivity contribution in [3.05, 3.63) is 0 Å². The fourth-order valence-corrected chi connectivity index (χ4v) is 8.15. The SMILES string of the molecule is CC[C@H]1OC(CO[C@H]2OC(COC)[C@@H](O)[C@H](O)C2O)[C@@H](O)[C@H](OCC(O)COCCCCOCC(O)COCC2OC(C)C(NC(C)=O)[C@@H](O[C@@H]3OC(C(=O)O)[C@@H](OC)[C@H](O)C3O)[C@@H]2O)C1O. The van der Waals surface area contributed by atoms with Gasteiger partial charge in [-0.2, -0.15) is 0 Å². The lowest BCUT2D eigenvalue weighted by molar-refractivity contribution is -0.328. The van der Waals surface area contributed by atoms with Gasteiger partial charge >= 0.3 is 5.97 Å². The molecule has 0 radical (unpaired) electrons. The topological polar surface area (TPSA) is 379 Å². The molecule has 22 atom stereocenters. The number of carboxylic acid groups (broad SMARTS) is 1. The first-order valence-corrected chi connectivity index (χ1v) is 22.4. The molecule has 26 nitrogen and oxygen atoms in total. The van der Waals surface area contributed by atoms with E-state index in [1.807, 2.05) is 0 Å². The van der Waals surface area contributed by atoms with Crippen molar-refractivity contribution in [2.75, 3.05) is 73.7 Å². The molecule has 0 aromatic rings. The summed E-state index contributed by atoms with van der Waals surface area (Å²) >= 11 is 0. The fourth-order valence-electron chi connectivity index (χ4n) is 8.15. The van der Waals surface area contributed by atoms with Crippen LogP contribution in [-0.4, -0.2) is 276 Å². The number of amides is 1. The Kier molecular flexibility index (Phi) is 24.3. The van der Waals surface area contributed by atoms with E-state index in [-0.39, 0.29) is 59.5 Å². The number of carbonyl (C=O) groups is 2. The van der Waals surface area contributed by atoms with Crippen LogP contribution in [0.25, 0.3) is 0 Å². The van der Waals surface area contributed by atoms with Gasteiger partial charge in [0.2, 0.25) is 5.91 Å². The lowest BCUT2D eigenvalue weighted by atomic mass is 9.92. The number of rotatable bonds is 27. The molecule has 0 saturated carbocycles. The molecular weight excluding hydrogens is 906 g/mol. The van der Waals surface area contributed by atoms with Crippen molar-refractivity contribution in [3.63, 3.8) is 0 Å². The number of ether oxygens (including phenoxy) is 12. The van der Waals surface area contributed by atoms with Gasteiger partial charge in [-0.3, -0.25) is 4.79 Å². The van der Waals surface area contributed by atoms with Crippen molar-refractivity contribution in [1.29, 1.82) is 0 Å². The second-order valence-corrected chi connectivity index (χ2v) is 17.0. The van der Waals surface area contributed by atoms with Crippen molar-refractivity contribution in [3.8, 4) is 0 Å². The van der Waals surface area contributed by atoms with Crippen LogP contribution in [0.1, 0.15) is 40.0 Å². The summed E-state index contributed by atoms with van der Waals surface area (Å²) in [6.07, 6.45) is -26.7. The van der Waals surface area contributed by atoms with Crippen molar-refractivity contribution in [2.45, 2.75) is 175 Å². The maximum Gasteiger partial charge on any atom is 0.335 e. The third-order valence-corrected chi connectivity index (χ3v) is 11.8. The molecule has 0 bridgehead atoms. The summed E-state index contributed by atoms with van der Waals surface area (Å²) < 4.78 is 66.6. The normalized spacial score (nSPS) is 40.3. The van der Waals surface area contributed by atoms with Crippen LogP contribution in [0.3, 0.4) is 0 Å². The number of hydrogen-bond acceptors (Lipinski definition) is 24. The monoisotopic (exact) mass is 979 g/mol. The predicted octanol–water partition coefficient (Wildman–Crippen LogP) is -6.12. The van der Waals surface area contributed by atoms with E-state index in [0.717, 1.165) is 7.11 Å². The van der Waals surface area contributed by atoms with E-state index >= 15 is 0 Å². The van der Waals surface area contributed by atoms with Gasteiger partial charge < -0.3 is 118 Å². The van der Waals surface area contributed by atoms with Crippen LogP contribution in [0.5, 0.6) is 0 Å². The number of methoxy groups -OCH3 is 2. The van der Waals surface area contributed by atoms with Gasteiger partial charge in [0, 0.05) is 34.4 Å². The predicted molar refractivity (Wildman–Crippen MR) is 221 cm³/mol. The highest BCUT2D eigenvalue weighted by atomic mass is 16.7. The minimum absolute atomic E-state index is 0.0874. The molecule has 4 saturated heterocycles. The first-order valence-electron chi connectivity index (χ1n) is 22.4. The summed E-state index contributed by atoms with van der Waals surface area (Å²) in [6, 6.07) is -1.00. The lowest BCUT2D eigenvalue weighted by Crippen LogP contribution is -2.67. The first-order chi connectivity index (χ1) is 31.8. The average molecular weight is 980 g/mol. The molecule has 26 heteroatoms. The van der Waals surface area contributed by atoms with E-state index in [1.165, 1.54) is 14.0 Å². The molecule has 1 amide bonds. The molecule has 4 heterocycles. The minimum atomic E-state index is -1.79. The van der Waals surface area contributed by atoms with Crippen molar-refractivity contribution in [1.82, 2.24) is 5.32 Å². The van der Waals surface area contributed by atoms with Crippen LogP contribution in [0.4, 0.5) is 0 Å². The Labute approximate surface area is 387 Å². The molecule has 4 aliphatic rings. The first kappa shape index (κ1) is 57.6. The number of aliphatic hydroxyl groups is 10. The third-order valence-electron chi connectivity index (χ3n) is 11.8. The van der Waals surface area contributed by atoms with Crippen LogP contribution >= 0.6 is 0 Å². The molecule has 4 aliphatic heterocycles. The van der Waals surface area contributed by atoms with Gasteiger partial charge in [-0.15, -0.1) is 0 Å². The maximum absolute atomic E-state index is 12.0. The Hall–Kier alpha value is -1.94. The van der Waals surface area contributed by atoms with E-state index in [2.05, 4.69) is 5.32 Å². The maximum atomic E-state index is 12.0. The number of hydrogen-bond donors (Lipinski definition) is 12. The van der Waals surface area contributed by atoms with Crippen LogP contribution in [0.2, 0.25) is 0 Å². The van der Waals surface area contributed by atoms with E-state index < -0.39 is 146 Å². The lowest BCUT2D eigenvalue weighted by Gasteiger charge is -2.47. The number of unbranched alkanes of at least 4 members (excludes halogenated alkanes) is 1. The van der Waals surface area contributed by atoms with Gasteiger partial charge in [0.15, 0.2) is 18.7 Å². The number of carbonyl (C=O) groups excluding carboxylic acids is 1. The average Bonchev–Trinajstić information content (AvgIpc) is 3.28. The van der Waals surface area contributed by atoms with E-state index in [0.29, 0.717) is 19.3 Å².